The van der Waals surface area contributed by atoms with Gasteiger partial charge in [0, 0.05) is 39.2 Å². The molecule has 6 aromatic carbocycles. The van der Waals surface area contributed by atoms with Crippen LogP contribution in [0, 0.1) is 0 Å². The number of thiophene rings is 1. The molecule has 4 heterocycles. The van der Waals surface area contributed by atoms with Crippen LogP contribution in [-0.2, 0) is 0 Å². The summed E-state index contributed by atoms with van der Waals surface area (Å²) < 4.78 is 1.24. The standard InChI is InChI=1S/C48H32N4S/c1-2-10-36-27-37(24-19-31(36)9-1)45-47-46(41-11-3-4-14-44(41)53-47)52-48(51-45)40-29-38(32-15-20-34(21-16-32)42-12-5-7-25-49-42)28-39(30-40)33-17-22-35(23-18-33)43-13-6-8-26-50-43/h1-30,48,52H. The van der Waals surface area contributed by atoms with E-state index in [-0.39, 0.29) is 6.17 Å². The van der Waals surface area contributed by atoms with Crippen molar-refractivity contribution < 1.29 is 0 Å². The van der Waals surface area contributed by atoms with E-state index < -0.39 is 0 Å². The highest BCUT2D eigenvalue weighted by atomic mass is 32.1. The Morgan fingerprint density at radius 3 is 1.66 bits per heavy atom. The first kappa shape index (κ1) is 31.1. The Morgan fingerprint density at radius 1 is 0.453 bits per heavy atom. The van der Waals surface area contributed by atoms with Crippen molar-refractivity contribution in [3.8, 4) is 44.8 Å². The van der Waals surface area contributed by atoms with Crippen molar-refractivity contribution in [3.05, 3.63) is 198 Å². The Labute approximate surface area is 311 Å². The van der Waals surface area contributed by atoms with Gasteiger partial charge in [0.15, 0.2) is 0 Å². The van der Waals surface area contributed by atoms with E-state index >= 15 is 0 Å². The topological polar surface area (TPSA) is 50.2 Å². The summed E-state index contributed by atoms with van der Waals surface area (Å²) in [5, 5.41) is 7.55. The van der Waals surface area contributed by atoms with Crippen molar-refractivity contribution in [2.75, 3.05) is 5.32 Å². The zero-order chi connectivity index (χ0) is 35.1. The van der Waals surface area contributed by atoms with Gasteiger partial charge < -0.3 is 5.32 Å². The van der Waals surface area contributed by atoms with Crippen LogP contribution in [-0.4, -0.2) is 15.7 Å². The highest BCUT2D eigenvalue weighted by molar-refractivity contribution is 7.22. The number of pyridine rings is 2. The summed E-state index contributed by atoms with van der Waals surface area (Å²) in [7, 11) is 0. The number of hydrogen-bond acceptors (Lipinski definition) is 5. The van der Waals surface area contributed by atoms with E-state index in [2.05, 4.69) is 149 Å². The molecule has 1 atom stereocenters. The highest BCUT2D eigenvalue weighted by Gasteiger charge is 2.27. The first-order valence-electron chi connectivity index (χ1n) is 17.8. The fraction of sp³-hybridized carbons (Fsp3) is 0.0208. The molecule has 10 rings (SSSR count). The predicted octanol–water partition coefficient (Wildman–Crippen LogP) is 12.5. The number of fused-ring (bicyclic) bond motifs is 4. The second kappa shape index (κ2) is 13.1. The summed E-state index contributed by atoms with van der Waals surface area (Å²) in [4.78, 5) is 15.8. The van der Waals surface area contributed by atoms with Crippen LogP contribution < -0.4 is 5.32 Å². The lowest BCUT2D eigenvalue weighted by molar-refractivity contribution is 0.833. The van der Waals surface area contributed by atoms with Crippen LogP contribution in [0.2, 0.25) is 0 Å². The first-order chi connectivity index (χ1) is 26.2. The Hall–Kier alpha value is -6.69. The monoisotopic (exact) mass is 696 g/mol. The van der Waals surface area contributed by atoms with Gasteiger partial charge in [-0.15, -0.1) is 11.3 Å². The number of rotatable bonds is 6. The third-order valence-electron chi connectivity index (χ3n) is 10.0. The van der Waals surface area contributed by atoms with Crippen LogP contribution in [0.5, 0.6) is 0 Å². The normalized spacial score (nSPS) is 13.7. The van der Waals surface area contributed by atoms with Crippen LogP contribution in [0.1, 0.15) is 22.2 Å². The van der Waals surface area contributed by atoms with Gasteiger partial charge in [-0.3, -0.25) is 15.0 Å². The molecule has 0 radical (unpaired) electrons. The molecule has 0 bridgehead atoms. The largest absolute Gasteiger partial charge is 0.358 e. The van der Waals surface area contributed by atoms with Crippen molar-refractivity contribution in [3.63, 3.8) is 0 Å². The molecule has 53 heavy (non-hydrogen) atoms. The Kier molecular flexibility index (Phi) is 7.70. The fourth-order valence-corrected chi connectivity index (χ4v) is 8.47. The lowest BCUT2D eigenvalue weighted by atomic mass is 9.93. The lowest BCUT2D eigenvalue weighted by Crippen LogP contribution is -2.19. The van der Waals surface area contributed by atoms with Crippen LogP contribution >= 0.6 is 11.3 Å². The molecule has 0 fully saturated rings. The smallest absolute Gasteiger partial charge is 0.145 e. The molecule has 0 saturated heterocycles. The van der Waals surface area contributed by atoms with E-state index in [4.69, 9.17) is 4.99 Å². The number of anilines is 1. The number of nitrogens with zero attached hydrogens (tertiary/aromatic N) is 3. The maximum atomic E-state index is 5.54. The molecule has 1 aliphatic heterocycles. The van der Waals surface area contributed by atoms with Crippen LogP contribution in [0.15, 0.2) is 187 Å². The minimum Gasteiger partial charge on any atom is -0.358 e. The Bertz CT molecular complexity index is 2690. The molecule has 1 unspecified atom stereocenters. The zero-order valence-corrected chi connectivity index (χ0v) is 29.5. The SMILES string of the molecule is c1ccc(-c2ccc(-c3cc(-c4ccc(-c5ccccn5)cc4)cc(C4N=C(c5ccc6ccccc6c5)c5sc6ccccc6c5N4)c3)cc2)nc1. The number of benzene rings is 6. The summed E-state index contributed by atoms with van der Waals surface area (Å²) in [5.41, 5.74) is 13.0. The van der Waals surface area contributed by atoms with Crippen molar-refractivity contribution in [1.82, 2.24) is 9.97 Å². The quantitative estimate of drug-likeness (QED) is 0.188. The van der Waals surface area contributed by atoms with E-state index in [0.29, 0.717) is 0 Å². The molecule has 9 aromatic rings. The number of aliphatic imine (C=N–C) groups is 1. The van der Waals surface area contributed by atoms with Gasteiger partial charge in [0.2, 0.25) is 0 Å². The van der Waals surface area contributed by atoms with Crippen molar-refractivity contribution >= 4 is 43.6 Å². The molecule has 1 aliphatic rings. The summed E-state index contributed by atoms with van der Waals surface area (Å²) in [6, 6.07) is 60.2. The zero-order valence-electron chi connectivity index (χ0n) is 28.6. The highest BCUT2D eigenvalue weighted by Crippen LogP contribution is 2.44. The average Bonchev–Trinajstić information content (AvgIpc) is 3.62. The van der Waals surface area contributed by atoms with Crippen LogP contribution in [0.3, 0.4) is 0 Å². The van der Waals surface area contributed by atoms with Gasteiger partial charge in [0.05, 0.1) is 27.7 Å². The molecular weight excluding hydrogens is 665 g/mol. The number of aromatic nitrogens is 2. The molecule has 250 valence electrons. The van der Waals surface area contributed by atoms with Crippen LogP contribution in [0.25, 0.3) is 65.6 Å². The van der Waals surface area contributed by atoms with Gasteiger partial charge in [0.25, 0.3) is 0 Å². The Morgan fingerprint density at radius 2 is 1.02 bits per heavy atom. The maximum Gasteiger partial charge on any atom is 0.145 e. The van der Waals surface area contributed by atoms with Gasteiger partial charge in [-0.2, -0.15) is 0 Å². The average molecular weight is 697 g/mol. The van der Waals surface area contributed by atoms with Crippen molar-refractivity contribution in [2.24, 2.45) is 4.99 Å². The predicted molar refractivity (Wildman–Crippen MR) is 222 cm³/mol. The van der Waals surface area contributed by atoms with E-state index in [1.165, 1.54) is 25.7 Å². The third-order valence-corrected chi connectivity index (χ3v) is 11.2. The van der Waals surface area contributed by atoms with Gasteiger partial charge in [-0.1, -0.05) is 115 Å². The molecule has 0 amide bonds. The molecule has 4 nitrogen and oxygen atoms in total. The minimum absolute atomic E-state index is 0.304. The van der Waals surface area contributed by atoms with Crippen molar-refractivity contribution in [2.45, 2.75) is 6.17 Å². The summed E-state index contributed by atoms with van der Waals surface area (Å²) in [6.07, 6.45) is 3.37. The Balaban J connectivity index is 1.12. The summed E-state index contributed by atoms with van der Waals surface area (Å²) in [6.45, 7) is 0. The van der Waals surface area contributed by atoms with Crippen LogP contribution in [0.4, 0.5) is 5.69 Å². The maximum absolute atomic E-state index is 5.54. The molecule has 0 aliphatic carbocycles. The molecular formula is C48H32N4S. The second-order valence-corrected chi connectivity index (χ2v) is 14.4. The van der Waals surface area contributed by atoms with E-state index in [9.17, 15) is 0 Å². The molecule has 5 heteroatoms. The van der Waals surface area contributed by atoms with E-state index in [1.807, 2.05) is 48.8 Å². The lowest BCUT2D eigenvalue weighted by Gasteiger charge is -2.25. The first-order valence-corrected chi connectivity index (χ1v) is 18.6. The van der Waals surface area contributed by atoms with Gasteiger partial charge >= 0.3 is 0 Å². The minimum atomic E-state index is -0.304. The summed E-state index contributed by atoms with van der Waals surface area (Å²) in [5.74, 6) is 0. The molecule has 3 aromatic heterocycles. The van der Waals surface area contributed by atoms with Gasteiger partial charge in [-0.25, -0.2) is 0 Å². The van der Waals surface area contributed by atoms with Gasteiger partial charge in [0.1, 0.15) is 6.17 Å². The summed E-state index contributed by atoms with van der Waals surface area (Å²) >= 11 is 1.80. The molecule has 0 saturated carbocycles. The molecule has 1 N–H and O–H groups in total. The van der Waals surface area contributed by atoms with E-state index in [1.54, 1.807) is 11.3 Å². The number of hydrogen-bond donors (Lipinski definition) is 1. The second-order valence-electron chi connectivity index (χ2n) is 13.3. The fourth-order valence-electron chi connectivity index (χ4n) is 7.29. The number of nitrogens with one attached hydrogen (secondary N) is 1. The van der Waals surface area contributed by atoms with Gasteiger partial charge in [-0.05, 0) is 93.2 Å². The third kappa shape index (κ3) is 5.87. The van der Waals surface area contributed by atoms with Crippen molar-refractivity contribution in [1.29, 1.82) is 0 Å². The van der Waals surface area contributed by atoms with E-state index in [0.717, 1.165) is 67.3 Å². The molecule has 0 spiro atoms.